The Labute approximate surface area is 180 Å². The van der Waals surface area contributed by atoms with Crippen LogP contribution in [-0.2, 0) is 20.6 Å². The summed E-state index contributed by atoms with van der Waals surface area (Å²) in [6.07, 6.45) is 1.73. The van der Waals surface area contributed by atoms with Gasteiger partial charge in [0.05, 0.1) is 23.4 Å². The molecule has 6 nitrogen and oxygen atoms in total. The van der Waals surface area contributed by atoms with Gasteiger partial charge in [0.1, 0.15) is 5.75 Å². The molecule has 0 unspecified atom stereocenters. The number of nitrogens with one attached hydrogen (secondary N) is 1. The van der Waals surface area contributed by atoms with E-state index >= 15 is 0 Å². The van der Waals surface area contributed by atoms with Gasteiger partial charge in [-0.25, -0.2) is 8.42 Å². The summed E-state index contributed by atoms with van der Waals surface area (Å²) in [6, 6.07) is 12.0. The summed E-state index contributed by atoms with van der Waals surface area (Å²) in [5, 5.41) is 3.43. The van der Waals surface area contributed by atoms with E-state index in [1.807, 2.05) is 18.2 Å². The van der Waals surface area contributed by atoms with Gasteiger partial charge < -0.3 is 10.1 Å². The molecule has 1 N–H and O–H groups in total. The molecule has 156 valence electrons. The van der Waals surface area contributed by atoms with E-state index in [1.54, 1.807) is 12.1 Å². The summed E-state index contributed by atoms with van der Waals surface area (Å²) in [5.74, 6) is 1.05. The third-order valence-corrected chi connectivity index (χ3v) is 7.67. The van der Waals surface area contributed by atoms with E-state index in [9.17, 15) is 13.2 Å². The zero-order chi connectivity index (χ0) is 20.9. The van der Waals surface area contributed by atoms with E-state index in [0.717, 1.165) is 18.4 Å². The van der Waals surface area contributed by atoms with E-state index in [0.29, 0.717) is 35.3 Å². The number of hydrogen-bond donors (Lipinski definition) is 1. The lowest BCUT2D eigenvalue weighted by Crippen LogP contribution is -2.28. The number of carbonyl (C=O) groups is 1. The molecule has 29 heavy (non-hydrogen) atoms. The topological polar surface area (TPSA) is 75.7 Å². The zero-order valence-electron chi connectivity index (χ0n) is 16.1. The fourth-order valence-corrected chi connectivity index (χ4v) is 5.63. The van der Waals surface area contributed by atoms with E-state index < -0.39 is 10.0 Å². The highest BCUT2D eigenvalue weighted by Gasteiger charge is 2.28. The van der Waals surface area contributed by atoms with Gasteiger partial charge >= 0.3 is 0 Å². The second-order valence-corrected chi connectivity index (χ2v) is 10.0. The van der Waals surface area contributed by atoms with Crippen molar-refractivity contribution in [3.8, 4) is 5.75 Å². The van der Waals surface area contributed by atoms with Gasteiger partial charge in [-0.3, -0.25) is 4.79 Å². The number of sulfonamides is 1. The number of amides is 1. The second kappa shape index (κ2) is 9.84. The van der Waals surface area contributed by atoms with Crippen LogP contribution in [0.4, 0.5) is 5.69 Å². The SMILES string of the molecule is COc1ccc(S(=O)(=O)N2CCCC2)cc1NC(=O)CSCc1cccc(Cl)c1. The van der Waals surface area contributed by atoms with Gasteiger partial charge in [-0.1, -0.05) is 23.7 Å². The average Bonchev–Trinajstić information content (AvgIpc) is 3.24. The van der Waals surface area contributed by atoms with Crippen LogP contribution in [0.1, 0.15) is 18.4 Å². The van der Waals surface area contributed by atoms with Crippen molar-refractivity contribution in [2.75, 3.05) is 31.3 Å². The number of carbonyl (C=O) groups excluding carboxylic acids is 1. The first-order valence-electron chi connectivity index (χ1n) is 9.20. The van der Waals surface area contributed by atoms with Crippen LogP contribution >= 0.6 is 23.4 Å². The van der Waals surface area contributed by atoms with Gasteiger partial charge in [0, 0.05) is 23.9 Å². The Morgan fingerprint density at radius 2 is 1.97 bits per heavy atom. The molecule has 0 spiro atoms. The summed E-state index contributed by atoms with van der Waals surface area (Å²) < 4.78 is 32.3. The quantitative estimate of drug-likeness (QED) is 0.652. The Hall–Kier alpha value is -1.74. The lowest BCUT2D eigenvalue weighted by atomic mass is 10.2. The van der Waals surface area contributed by atoms with Crippen molar-refractivity contribution in [3.63, 3.8) is 0 Å². The Morgan fingerprint density at radius 1 is 1.21 bits per heavy atom. The van der Waals surface area contributed by atoms with Crippen LogP contribution in [0.5, 0.6) is 5.75 Å². The molecule has 2 aromatic rings. The third-order valence-electron chi connectivity index (χ3n) is 4.54. The predicted molar refractivity (Wildman–Crippen MR) is 117 cm³/mol. The molecule has 1 aliphatic rings. The molecule has 9 heteroatoms. The molecular weight excluding hydrogens is 432 g/mol. The Morgan fingerprint density at radius 3 is 2.66 bits per heavy atom. The van der Waals surface area contributed by atoms with Gasteiger partial charge in [-0.15, -0.1) is 11.8 Å². The normalized spacial score (nSPS) is 14.7. The van der Waals surface area contributed by atoms with Crippen LogP contribution in [0, 0.1) is 0 Å². The molecule has 1 amide bonds. The van der Waals surface area contributed by atoms with Crippen molar-refractivity contribution in [2.45, 2.75) is 23.5 Å². The molecule has 0 radical (unpaired) electrons. The molecule has 1 heterocycles. The number of halogens is 1. The van der Waals surface area contributed by atoms with Crippen molar-refractivity contribution >= 4 is 45.0 Å². The lowest BCUT2D eigenvalue weighted by Gasteiger charge is -2.17. The largest absolute Gasteiger partial charge is 0.495 e. The molecule has 2 aromatic carbocycles. The van der Waals surface area contributed by atoms with Crippen LogP contribution in [0.25, 0.3) is 0 Å². The summed E-state index contributed by atoms with van der Waals surface area (Å²) >= 11 is 7.42. The van der Waals surface area contributed by atoms with Crippen molar-refractivity contribution in [3.05, 3.63) is 53.1 Å². The lowest BCUT2D eigenvalue weighted by molar-refractivity contribution is -0.113. The fraction of sp³-hybridized carbons (Fsp3) is 0.350. The summed E-state index contributed by atoms with van der Waals surface area (Å²) in [6.45, 7) is 1.05. The number of thioether (sulfide) groups is 1. The van der Waals surface area contributed by atoms with Crippen LogP contribution in [0.3, 0.4) is 0 Å². The Kier molecular flexibility index (Phi) is 7.45. The van der Waals surface area contributed by atoms with Crippen LogP contribution in [0.15, 0.2) is 47.4 Å². The number of anilines is 1. The fourth-order valence-electron chi connectivity index (χ4n) is 3.10. The van der Waals surface area contributed by atoms with Crippen molar-refractivity contribution < 1.29 is 17.9 Å². The Balaban J connectivity index is 1.66. The first kappa shape index (κ1) is 22.0. The molecule has 0 saturated carbocycles. The first-order valence-corrected chi connectivity index (χ1v) is 12.2. The molecule has 0 bridgehead atoms. The van der Waals surface area contributed by atoms with Gasteiger partial charge in [-0.05, 0) is 48.7 Å². The molecule has 1 saturated heterocycles. The summed E-state index contributed by atoms with van der Waals surface area (Å²) in [7, 11) is -2.09. The van der Waals surface area contributed by atoms with Gasteiger partial charge in [-0.2, -0.15) is 4.31 Å². The third kappa shape index (κ3) is 5.66. The molecule has 0 aliphatic carbocycles. The molecule has 1 fully saturated rings. The second-order valence-electron chi connectivity index (χ2n) is 6.64. The molecule has 3 rings (SSSR count). The van der Waals surface area contributed by atoms with Gasteiger partial charge in [0.25, 0.3) is 0 Å². The first-order chi connectivity index (χ1) is 13.9. The molecule has 1 aliphatic heterocycles. The van der Waals surface area contributed by atoms with E-state index in [-0.39, 0.29) is 16.6 Å². The van der Waals surface area contributed by atoms with Crippen molar-refractivity contribution in [2.24, 2.45) is 0 Å². The minimum atomic E-state index is -3.57. The van der Waals surface area contributed by atoms with Gasteiger partial charge in [0.2, 0.25) is 15.9 Å². The molecular formula is C20H23ClN2O4S2. The maximum absolute atomic E-state index is 12.8. The van der Waals surface area contributed by atoms with Crippen LogP contribution in [0.2, 0.25) is 5.02 Å². The summed E-state index contributed by atoms with van der Waals surface area (Å²) in [4.78, 5) is 12.5. The van der Waals surface area contributed by atoms with Crippen LogP contribution in [-0.4, -0.2) is 44.6 Å². The monoisotopic (exact) mass is 454 g/mol. The molecule has 0 aromatic heterocycles. The summed E-state index contributed by atoms with van der Waals surface area (Å²) in [5.41, 5.74) is 1.38. The number of benzene rings is 2. The number of hydrogen-bond acceptors (Lipinski definition) is 5. The van der Waals surface area contributed by atoms with E-state index in [1.165, 1.54) is 35.3 Å². The highest BCUT2D eigenvalue weighted by atomic mass is 35.5. The minimum absolute atomic E-state index is 0.155. The van der Waals surface area contributed by atoms with E-state index in [4.69, 9.17) is 16.3 Å². The zero-order valence-corrected chi connectivity index (χ0v) is 18.4. The Bertz CT molecular complexity index is 976. The number of ether oxygens (including phenoxy) is 1. The average molecular weight is 455 g/mol. The minimum Gasteiger partial charge on any atom is -0.495 e. The van der Waals surface area contributed by atoms with Crippen molar-refractivity contribution in [1.29, 1.82) is 0 Å². The van der Waals surface area contributed by atoms with E-state index in [2.05, 4.69) is 5.32 Å². The van der Waals surface area contributed by atoms with Gasteiger partial charge in [0.15, 0.2) is 0 Å². The number of rotatable bonds is 8. The standard InChI is InChI=1S/C20H23ClN2O4S2/c1-27-19-8-7-17(29(25,26)23-9-2-3-10-23)12-18(19)22-20(24)14-28-13-15-5-4-6-16(21)11-15/h4-8,11-12H,2-3,9-10,13-14H2,1H3,(H,22,24). The maximum atomic E-state index is 12.8. The maximum Gasteiger partial charge on any atom is 0.243 e. The molecule has 0 atom stereocenters. The number of nitrogens with zero attached hydrogens (tertiary/aromatic N) is 1. The highest BCUT2D eigenvalue weighted by molar-refractivity contribution is 7.99. The predicted octanol–water partition coefficient (Wildman–Crippen LogP) is 4.01. The van der Waals surface area contributed by atoms with Crippen molar-refractivity contribution in [1.82, 2.24) is 4.31 Å². The number of methoxy groups -OCH3 is 1. The van der Waals surface area contributed by atoms with Crippen LogP contribution < -0.4 is 10.1 Å². The smallest absolute Gasteiger partial charge is 0.243 e. The highest BCUT2D eigenvalue weighted by Crippen LogP contribution is 2.30.